The lowest BCUT2D eigenvalue weighted by Crippen LogP contribution is -2.34. The number of hydrogen-bond donors (Lipinski definition) is 0. The van der Waals surface area contributed by atoms with Gasteiger partial charge in [-0.15, -0.1) is 0 Å². The topological polar surface area (TPSA) is 20.3 Å². The highest BCUT2D eigenvalue weighted by Crippen LogP contribution is 2.11. The average molecular weight is 255 g/mol. The third kappa shape index (κ3) is 9.49. The number of hydrogen-bond acceptors (Lipinski definition) is 1. The van der Waals surface area contributed by atoms with E-state index in [9.17, 15) is 4.79 Å². The molecule has 0 aromatic heterocycles. The third-order valence-corrected chi connectivity index (χ3v) is 3.14. The molecule has 0 radical (unpaired) electrons. The van der Waals surface area contributed by atoms with Gasteiger partial charge < -0.3 is 4.90 Å². The molecule has 0 spiro atoms. The van der Waals surface area contributed by atoms with Gasteiger partial charge in [-0.25, -0.2) is 0 Å². The minimum atomic E-state index is 0.362. The van der Waals surface area contributed by atoms with Gasteiger partial charge in [0.25, 0.3) is 0 Å². The van der Waals surface area contributed by atoms with Crippen LogP contribution in [0, 0.1) is 11.8 Å². The van der Waals surface area contributed by atoms with Crippen molar-refractivity contribution < 1.29 is 4.79 Å². The van der Waals surface area contributed by atoms with Crippen LogP contribution >= 0.6 is 0 Å². The lowest BCUT2D eigenvalue weighted by atomic mass is 10.0. The highest BCUT2D eigenvalue weighted by atomic mass is 16.2. The largest absolute Gasteiger partial charge is 0.342 e. The molecule has 0 aliphatic carbocycles. The van der Waals surface area contributed by atoms with Crippen LogP contribution in [0.1, 0.15) is 73.1 Å². The van der Waals surface area contributed by atoms with Crippen molar-refractivity contribution in [2.45, 2.75) is 73.1 Å². The molecule has 0 aromatic rings. The van der Waals surface area contributed by atoms with Gasteiger partial charge in [-0.1, -0.05) is 53.9 Å². The molecule has 2 heteroatoms. The molecule has 108 valence electrons. The van der Waals surface area contributed by atoms with Crippen LogP contribution in [-0.2, 0) is 4.79 Å². The zero-order valence-electron chi connectivity index (χ0n) is 13.2. The molecule has 0 aliphatic heterocycles. The van der Waals surface area contributed by atoms with Crippen molar-refractivity contribution in [2.24, 2.45) is 11.8 Å². The number of carbonyl (C=O) groups is 1. The first-order valence-corrected chi connectivity index (χ1v) is 7.75. The van der Waals surface area contributed by atoms with E-state index < -0.39 is 0 Å². The Bertz CT molecular complexity index is 211. The molecule has 1 amide bonds. The summed E-state index contributed by atoms with van der Waals surface area (Å²) in [6.07, 6.45) is 6.51. The second-order valence-corrected chi connectivity index (χ2v) is 6.23. The summed E-state index contributed by atoms with van der Waals surface area (Å²) in [4.78, 5) is 14.2. The highest BCUT2D eigenvalue weighted by Gasteiger charge is 2.13. The molecule has 0 rings (SSSR count). The Kier molecular flexibility index (Phi) is 10.1. The monoisotopic (exact) mass is 255 g/mol. The first-order valence-electron chi connectivity index (χ1n) is 7.75. The zero-order valence-corrected chi connectivity index (χ0v) is 13.2. The van der Waals surface area contributed by atoms with Gasteiger partial charge in [-0.2, -0.15) is 0 Å². The van der Waals surface area contributed by atoms with Crippen LogP contribution in [0.2, 0.25) is 0 Å². The van der Waals surface area contributed by atoms with Gasteiger partial charge in [0, 0.05) is 19.5 Å². The Morgan fingerprint density at radius 1 is 1.00 bits per heavy atom. The average Bonchev–Trinajstić information content (AvgIpc) is 2.29. The summed E-state index contributed by atoms with van der Waals surface area (Å²) in [7, 11) is 0. The SMILES string of the molecule is CCCCN(CC(C)C)C(=O)CCCCC(C)C. The van der Waals surface area contributed by atoms with E-state index in [4.69, 9.17) is 0 Å². The minimum Gasteiger partial charge on any atom is -0.342 e. The van der Waals surface area contributed by atoms with E-state index in [1.807, 2.05) is 0 Å². The number of rotatable bonds is 10. The maximum atomic E-state index is 12.2. The van der Waals surface area contributed by atoms with E-state index in [-0.39, 0.29) is 0 Å². The Hall–Kier alpha value is -0.530. The van der Waals surface area contributed by atoms with E-state index in [2.05, 4.69) is 39.5 Å². The highest BCUT2D eigenvalue weighted by molar-refractivity contribution is 5.76. The van der Waals surface area contributed by atoms with Crippen molar-refractivity contribution in [3.8, 4) is 0 Å². The standard InChI is InChI=1S/C16H33NO/c1-6-7-12-17(13-15(4)5)16(18)11-9-8-10-14(2)3/h14-15H,6-13H2,1-5H3. The Balaban J connectivity index is 3.96. The third-order valence-electron chi connectivity index (χ3n) is 3.14. The summed E-state index contributed by atoms with van der Waals surface area (Å²) in [5.74, 6) is 1.69. The Morgan fingerprint density at radius 3 is 2.17 bits per heavy atom. The van der Waals surface area contributed by atoms with Gasteiger partial charge in [-0.3, -0.25) is 4.79 Å². The number of amides is 1. The molecule has 0 aromatic carbocycles. The normalized spacial score (nSPS) is 11.3. The quantitative estimate of drug-likeness (QED) is 0.527. The number of nitrogens with zero attached hydrogens (tertiary/aromatic N) is 1. The fourth-order valence-electron chi connectivity index (χ4n) is 2.09. The molecule has 0 saturated heterocycles. The second-order valence-electron chi connectivity index (χ2n) is 6.23. The van der Waals surface area contributed by atoms with Crippen molar-refractivity contribution in [3.63, 3.8) is 0 Å². The summed E-state index contributed by atoms with van der Waals surface area (Å²) in [5.41, 5.74) is 0. The summed E-state index contributed by atoms with van der Waals surface area (Å²) < 4.78 is 0. The van der Waals surface area contributed by atoms with Crippen LogP contribution in [0.3, 0.4) is 0 Å². The number of unbranched alkanes of at least 4 members (excludes halogenated alkanes) is 2. The molecule has 0 bridgehead atoms. The first kappa shape index (κ1) is 17.5. The van der Waals surface area contributed by atoms with Crippen molar-refractivity contribution in [2.75, 3.05) is 13.1 Å². The predicted octanol–water partition coefficient (Wildman–Crippen LogP) is 4.49. The smallest absolute Gasteiger partial charge is 0.222 e. The molecular weight excluding hydrogens is 222 g/mol. The summed E-state index contributed by atoms with van der Waals surface area (Å²) in [5, 5.41) is 0. The van der Waals surface area contributed by atoms with Gasteiger partial charge >= 0.3 is 0 Å². The van der Waals surface area contributed by atoms with Crippen LogP contribution < -0.4 is 0 Å². The molecule has 18 heavy (non-hydrogen) atoms. The molecule has 0 fully saturated rings. The molecular formula is C16H33NO. The van der Waals surface area contributed by atoms with Crippen molar-refractivity contribution in [1.29, 1.82) is 0 Å². The van der Waals surface area contributed by atoms with E-state index in [1.165, 1.54) is 12.8 Å². The molecule has 0 aliphatic rings. The van der Waals surface area contributed by atoms with Crippen molar-refractivity contribution in [1.82, 2.24) is 4.90 Å². The molecule has 0 heterocycles. The van der Waals surface area contributed by atoms with Crippen LogP contribution in [0.25, 0.3) is 0 Å². The van der Waals surface area contributed by atoms with Gasteiger partial charge in [0.05, 0.1) is 0 Å². The predicted molar refractivity (Wildman–Crippen MR) is 79.6 cm³/mol. The molecule has 0 N–H and O–H groups in total. The van der Waals surface area contributed by atoms with Gasteiger partial charge in [0.2, 0.25) is 5.91 Å². The molecule has 0 saturated carbocycles. The van der Waals surface area contributed by atoms with Gasteiger partial charge in [0.1, 0.15) is 0 Å². The number of carbonyl (C=O) groups excluding carboxylic acids is 1. The van der Waals surface area contributed by atoms with E-state index >= 15 is 0 Å². The van der Waals surface area contributed by atoms with Gasteiger partial charge in [-0.05, 0) is 24.7 Å². The van der Waals surface area contributed by atoms with E-state index in [0.29, 0.717) is 11.8 Å². The van der Waals surface area contributed by atoms with Gasteiger partial charge in [0.15, 0.2) is 0 Å². The van der Waals surface area contributed by atoms with E-state index in [0.717, 1.165) is 44.7 Å². The molecule has 2 nitrogen and oxygen atoms in total. The minimum absolute atomic E-state index is 0.362. The van der Waals surface area contributed by atoms with Crippen LogP contribution in [-0.4, -0.2) is 23.9 Å². The Labute approximate surface area is 114 Å². The summed E-state index contributed by atoms with van der Waals surface area (Å²) in [6.45, 7) is 12.9. The van der Waals surface area contributed by atoms with Crippen LogP contribution in [0.5, 0.6) is 0 Å². The summed E-state index contributed by atoms with van der Waals surface area (Å²) >= 11 is 0. The zero-order chi connectivity index (χ0) is 14.0. The molecule has 0 atom stereocenters. The fraction of sp³-hybridized carbons (Fsp3) is 0.938. The fourth-order valence-corrected chi connectivity index (χ4v) is 2.09. The Morgan fingerprint density at radius 2 is 1.67 bits per heavy atom. The van der Waals surface area contributed by atoms with E-state index in [1.54, 1.807) is 0 Å². The van der Waals surface area contributed by atoms with Crippen molar-refractivity contribution in [3.05, 3.63) is 0 Å². The summed E-state index contributed by atoms with van der Waals surface area (Å²) in [6, 6.07) is 0. The lowest BCUT2D eigenvalue weighted by molar-refractivity contribution is -0.132. The molecule has 0 unspecified atom stereocenters. The maximum Gasteiger partial charge on any atom is 0.222 e. The van der Waals surface area contributed by atoms with Crippen LogP contribution in [0.15, 0.2) is 0 Å². The lowest BCUT2D eigenvalue weighted by Gasteiger charge is -2.24. The van der Waals surface area contributed by atoms with Crippen molar-refractivity contribution >= 4 is 5.91 Å². The first-order chi connectivity index (χ1) is 8.47. The van der Waals surface area contributed by atoms with Crippen LogP contribution in [0.4, 0.5) is 0 Å². The maximum absolute atomic E-state index is 12.2. The second kappa shape index (κ2) is 10.4.